The first-order chi connectivity index (χ1) is 15.4. The van der Waals surface area contributed by atoms with Crippen LogP contribution >= 0.6 is 23.2 Å². The second kappa shape index (κ2) is 9.15. The van der Waals surface area contributed by atoms with Crippen LogP contribution in [0.25, 0.3) is 22.3 Å². The predicted octanol–water partition coefficient (Wildman–Crippen LogP) is 6.67. The van der Waals surface area contributed by atoms with Crippen molar-refractivity contribution < 1.29 is 18.6 Å². The summed E-state index contributed by atoms with van der Waals surface area (Å²) in [7, 11) is 3.10. The van der Waals surface area contributed by atoms with Gasteiger partial charge in [-0.05, 0) is 60.5 Å². The molecular weight excluding hydrogens is 451 g/mol. The number of hydrogen-bond acceptors (Lipinski definition) is 5. The lowest BCUT2D eigenvalue weighted by molar-refractivity contribution is 0.298. The third kappa shape index (κ3) is 4.27. The summed E-state index contributed by atoms with van der Waals surface area (Å²) < 4.78 is 22.9. The van der Waals surface area contributed by atoms with Gasteiger partial charge in [0.25, 0.3) is 0 Å². The van der Waals surface area contributed by atoms with Gasteiger partial charge in [-0.25, -0.2) is 0 Å². The Labute approximate surface area is 195 Å². The van der Waals surface area contributed by atoms with Crippen LogP contribution in [0, 0.1) is 6.92 Å². The number of rotatable bonds is 6. The molecule has 0 aliphatic rings. The number of hydrogen-bond donors (Lipinski definition) is 0. The maximum atomic E-state index is 13.4. The van der Waals surface area contributed by atoms with Gasteiger partial charge in [0, 0.05) is 15.6 Å². The Hall–Kier alpha value is -3.15. The smallest absolute Gasteiger partial charge is 0.235 e. The van der Waals surface area contributed by atoms with Crippen LogP contribution in [0.1, 0.15) is 11.1 Å². The molecule has 0 fully saturated rings. The van der Waals surface area contributed by atoms with Gasteiger partial charge < -0.3 is 18.6 Å². The molecule has 5 nitrogen and oxygen atoms in total. The maximum Gasteiger partial charge on any atom is 0.235 e. The zero-order valence-corrected chi connectivity index (χ0v) is 19.2. The molecule has 0 spiro atoms. The summed E-state index contributed by atoms with van der Waals surface area (Å²) in [5, 5.41) is 1.44. The molecule has 0 saturated heterocycles. The third-order valence-electron chi connectivity index (χ3n) is 5.07. The van der Waals surface area contributed by atoms with Gasteiger partial charge in [0.05, 0.1) is 19.6 Å². The normalized spacial score (nSPS) is 10.9. The average Bonchev–Trinajstić information content (AvgIpc) is 2.80. The van der Waals surface area contributed by atoms with E-state index in [2.05, 4.69) is 0 Å². The lowest BCUT2D eigenvalue weighted by Gasteiger charge is -2.14. The summed E-state index contributed by atoms with van der Waals surface area (Å²) in [5.74, 6) is 1.44. The summed E-state index contributed by atoms with van der Waals surface area (Å²) in [5.41, 5.74) is 2.37. The van der Waals surface area contributed by atoms with Crippen LogP contribution in [0.3, 0.4) is 0 Å². The molecule has 0 bridgehead atoms. The Bertz CT molecular complexity index is 1340. The molecule has 0 aliphatic carbocycles. The average molecular weight is 471 g/mol. The van der Waals surface area contributed by atoms with Crippen molar-refractivity contribution >= 4 is 34.2 Å². The first kappa shape index (κ1) is 22.1. The highest BCUT2D eigenvalue weighted by Crippen LogP contribution is 2.37. The molecule has 0 saturated carbocycles. The zero-order chi connectivity index (χ0) is 22.8. The second-order valence-electron chi connectivity index (χ2n) is 7.17. The van der Waals surface area contributed by atoms with Crippen molar-refractivity contribution in [2.45, 2.75) is 13.5 Å². The second-order valence-corrected chi connectivity index (χ2v) is 8.02. The van der Waals surface area contributed by atoms with Crippen LogP contribution in [0.5, 0.6) is 17.2 Å². The Kier molecular flexibility index (Phi) is 6.31. The highest BCUT2D eigenvalue weighted by Gasteiger charge is 2.20. The fourth-order valence-corrected chi connectivity index (χ4v) is 3.62. The molecule has 0 N–H and O–H groups in total. The van der Waals surface area contributed by atoms with E-state index in [-0.39, 0.29) is 17.8 Å². The zero-order valence-electron chi connectivity index (χ0n) is 17.7. The lowest BCUT2D eigenvalue weighted by atomic mass is 10.1. The molecule has 32 heavy (non-hydrogen) atoms. The van der Waals surface area contributed by atoms with Crippen molar-refractivity contribution in [3.63, 3.8) is 0 Å². The number of aryl methyl sites for hydroxylation is 1. The van der Waals surface area contributed by atoms with Crippen LogP contribution in [0.15, 0.2) is 63.8 Å². The first-order valence-corrected chi connectivity index (χ1v) is 10.5. The summed E-state index contributed by atoms with van der Waals surface area (Å²) in [6.07, 6.45) is 0. The predicted molar refractivity (Wildman–Crippen MR) is 127 cm³/mol. The first-order valence-electron chi connectivity index (χ1n) is 9.78. The number of ether oxygens (including phenoxy) is 3. The van der Waals surface area contributed by atoms with Crippen molar-refractivity contribution in [3.05, 3.63) is 86.0 Å². The molecule has 0 atom stereocenters. The van der Waals surface area contributed by atoms with Crippen LogP contribution in [-0.2, 0) is 6.61 Å². The van der Waals surface area contributed by atoms with E-state index in [9.17, 15) is 4.79 Å². The van der Waals surface area contributed by atoms with Crippen LogP contribution in [0.4, 0.5) is 0 Å². The molecule has 0 unspecified atom stereocenters. The van der Waals surface area contributed by atoms with E-state index in [0.717, 1.165) is 11.1 Å². The molecule has 1 heterocycles. The van der Waals surface area contributed by atoms with Gasteiger partial charge in [0.1, 0.15) is 12.2 Å². The Morgan fingerprint density at radius 3 is 2.31 bits per heavy atom. The number of fused-ring (bicyclic) bond motifs is 1. The van der Waals surface area contributed by atoms with Crippen LogP contribution in [0.2, 0.25) is 10.0 Å². The molecule has 0 aliphatic heterocycles. The fraction of sp³-hybridized carbons (Fsp3) is 0.160. The summed E-state index contributed by atoms with van der Waals surface area (Å²) >= 11 is 12.2. The molecule has 3 aromatic carbocycles. The van der Waals surface area contributed by atoms with E-state index in [1.807, 2.05) is 19.1 Å². The minimum Gasteiger partial charge on any atom is -0.493 e. The molecule has 4 aromatic rings. The van der Waals surface area contributed by atoms with Gasteiger partial charge in [0.15, 0.2) is 17.3 Å². The standard InChI is InChI=1S/C25H20Cl2O5/c1-14-10-21-18(12-19(14)27)23(28)25(31-13-15-4-7-17(26)8-5-15)24(32-21)16-6-9-20(29-2)22(11-16)30-3/h4-12H,13H2,1-3H3. The summed E-state index contributed by atoms with van der Waals surface area (Å²) in [4.78, 5) is 13.4. The molecule has 164 valence electrons. The lowest BCUT2D eigenvalue weighted by Crippen LogP contribution is -2.10. The molecule has 4 rings (SSSR count). The van der Waals surface area contributed by atoms with E-state index in [4.69, 9.17) is 41.8 Å². The van der Waals surface area contributed by atoms with Crippen LogP contribution in [-0.4, -0.2) is 14.2 Å². The topological polar surface area (TPSA) is 57.9 Å². The largest absolute Gasteiger partial charge is 0.493 e. The minimum absolute atomic E-state index is 0.0830. The molecule has 7 heteroatoms. The van der Waals surface area contributed by atoms with Crippen molar-refractivity contribution in [2.24, 2.45) is 0 Å². The third-order valence-corrected chi connectivity index (χ3v) is 5.73. The molecular formula is C25H20Cl2O5. The Balaban J connectivity index is 1.89. The van der Waals surface area contributed by atoms with E-state index in [0.29, 0.717) is 43.8 Å². The Morgan fingerprint density at radius 1 is 0.906 bits per heavy atom. The Morgan fingerprint density at radius 2 is 1.62 bits per heavy atom. The molecule has 1 aromatic heterocycles. The van der Waals surface area contributed by atoms with Crippen molar-refractivity contribution in [1.82, 2.24) is 0 Å². The number of halogens is 2. The van der Waals surface area contributed by atoms with E-state index < -0.39 is 0 Å². The molecule has 0 amide bonds. The van der Waals surface area contributed by atoms with E-state index >= 15 is 0 Å². The summed E-state index contributed by atoms with van der Waals surface area (Å²) in [6.45, 7) is 2.01. The molecule has 0 radical (unpaired) electrons. The SMILES string of the molecule is COc1ccc(-c2oc3cc(C)c(Cl)cc3c(=O)c2OCc2ccc(Cl)cc2)cc1OC. The van der Waals surface area contributed by atoms with E-state index in [1.54, 1.807) is 56.7 Å². The minimum atomic E-state index is -0.313. The van der Waals surface area contributed by atoms with Gasteiger partial charge >= 0.3 is 0 Å². The van der Waals surface area contributed by atoms with E-state index in [1.165, 1.54) is 0 Å². The van der Waals surface area contributed by atoms with Gasteiger partial charge in [-0.15, -0.1) is 0 Å². The number of benzene rings is 3. The van der Waals surface area contributed by atoms with Gasteiger partial charge in [0.2, 0.25) is 11.2 Å². The van der Waals surface area contributed by atoms with Crippen molar-refractivity contribution in [2.75, 3.05) is 14.2 Å². The van der Waals surface area contributed by atoms with Crippen molar-refractivity contribution in [3.8, 4) is 28.6 Å². The monoisotopic (exact) mass is 470 g/mol. The highest BCUT2D eigenvalue weighted by atomic mass is 35.5. The maximum absolute atomic E-state index is 13.4. The fourth-order valence-electron chi connectivity index (χ4n) is 3.33. The number of methoxy groups -OCH3 is 2. The quantitative estimate of drug-likeness (QED) is 0.314. The van der Waals surface area contributed by atoms with Crippen molar-refractivity contribution in [1.29, 1.82) is 0 Å². The van der Waals surface area contributed by atoms with Crippen LogP contribution < -0.4 is 19.6 Å². The summed E-state index contributed by atoms with van der Waals surface area (Å²) in [6, 6.07) is 15.8. The van der Waals surface area contributed by atoms with Gasteiger partial charge in [-0.3, -0.25) is 4.79 Å². The highest BCUT2D eigenvalue weighted by molar-refractivity contribution is 6.32. The van der Waals surface area contributed by atoms with Gasteiger partial charge in [-0.2, -0.15) is 0 Å². The van der Waals surface area contributed by atoms with Gasteiger partial charge in [-0.1, -0.05) is 35.3 Å².